The molecule has 5 aromatic rings. The van der Waals surface area contributed by atoms with E-state index in [-0.39, 0.29) is 11.5 Å². The fourth-order valence-corrected chi connectivity index (χ4v) is 6.46. The van der Waals surface area contributed by atoms with Crippen LogP contribution in [-0.4, -0.2) is 68.6 Å². The molecule has 0 aliphatic carbocycles. The largest absolute Gasteiger partial charge is 0.394 e. The molecule has 1 saturated heterocycles. The van der Waals surface area contributed by atoms with E-state index in [4.69, 9.17) is 25.0 Å². The van der Waals surface area contributed by atoms with Crippen LogP contribution in [-0.2, 0) is 30.4 Å². The maximum atomic E-state index is 12.0. The van der Waals surface area contributed by atoms with Crippen molar-refractivity contribution in [1.82, 2.24) is 19.5 Å². The van der Waals surface area contributed by atoms with Gasteiger partial charge in [0, 0.05) is 7.11 Å². The molecule has 216 valence electrons. The third kappa shape index (κ3) is 3.66. The van der Waals surface area contributed by atoms with Crippen molar-refractivity contribution >= 4 is 17.0 Å². The first kappa shape index (κ1) is 27.9. The molecule has 3 heterocycles. The van der Waals surface area contributed by atoms with Gasteiger partial charge in [0.25, 0.3) is 5.79 Å². The number of hydrogen-bond acceptors (Lipinski definition) is 10. The molecule has 0 unspecified atom stereocenters. The molecule has 3 aromatic carbocycles. The lowest BCUT2D eigenvalue weighted by Crippen LogP contribution is -2.69. The van der Waals surface area contributed by atoms with Gasteiger partial charge >= 0.3 is 0 Å². The summed E-state index contributed by atoms with van der Waals surface area (Å²) in [7, 11) is 2.69. The highest BCUT2D eigenvalue weighted by atomic mass is 17.2. The number of benzene rings is 3. The Hall–Kier alpha value is -4.23. The van der Waals surface area contributed by atoms with E-state index in [1.54, 1.807) is 4.57 Å². The van der Waals surface area contributed by atoms with Gasteiger partial charge in [0.05, 0.1) is 25.5 Å². The van der Waals surface area contributed by atoms with Crippen molar-refractivity contribution in [2.75, 3.05) is 26.6 Å². The number of rotatable bonds is 9. The van der Waals surface area contributed by atoms with Crippen LogP contribution in [0.25, 0.3) is 11.2 Å². The molecule has 0 saturated carbocycles. The van der Waals surface area contributed by atoms with Crippen LogP contribution in [0.2, 0.25) is 0 Å². The van der Waals surface area contributed by atoms with Crippen LogP contribution in [0.1, 0.15) is 16.7 Å². The topological polar surface area (TPSA) is 147 Å². The van der Waals surface area contributed by atoms with E-state index in [0.29, 0.717) is 5.52 Å². The van der Waals surface area contributed by atoms with E-state index in [9.17, 15) is 10.2 Å². The molecule has 1 aliphatic rings. The summed E-state index contributed by atoms with van der Waals surface area (Å²) < 4.78 is 14.8. The third-order valence-electron chi connectivity index (χ3n) is 8.06. The predicted molar refractivity (Wildman–Crippen MR) is 153 cm³/mol. The highest BCUT2D eigenvalue weighted by Gasteiger charge is 2.79. The zero-order valence-corrected chi connectivity index (χ0v) is 23.1. The van der Waals surface area contributed by atoms with Gasteiger partial charge in [-0.15, -0.1) is 0 Å². The lowest BCUT2D eigenvalue weighted by atomic mass is 9.59. The molecule has 42 heavy (non-hydrogen) atoms. The van der Waals surface area contributed by atoms with Crippen LogP contribution in [0.3, 0.4) is 0 Å². The second-order valence-electron chi connectivity index (χ2n) is 9.94. The first-order valence-corrected chi connectivity index (χ1v) is 13.4. The molecule has 11 nitrogen and oxygen atoms in total. The number of nitrogens with two attached hydrogens (primary N) is 1. The van der Waals surface area contributed by atoms with Gasteiger partial charge in [-0.25, -0.2) is 19.8 Å². The fraction of sp³-hybridized carbons (Fsp3) is 0.258. The van der Waals surface area contributed by atoms with Gasteiger partial charge in [-0.2, -0.15) is 4.89 Å². The number of nitrogen functional groups attached to an aromatic ring is 1. The van der Waals surface area contributed by atoms with Crippen molar-refractivity contribution in [2.24, 2.45) is 0 Å². The van der Waals surface area contributed by atoms with E-state index < -0.39 is 35.7 Å². The summed E-state index contributed by atoms with van der Waals surface area (Å²) in [6.45, 7) is -0.570. The van der Waals surface area contributed by atoms with Gasteiger partial charge in [0.15, 0.2) is 11.5 Å². The van der Waals surface area contributed by atoms with Crippen LogP contribution in [0, 0.1) is 0 Å². The summed E-state index contributed by atoms with van der Waals surface area (Å²) in [6, 6.07) is 29.0. The van der Waals surface area contributed by atoms with Crippen molar-refractivity contribution in [2.45, 2.75) is 29.1 Å². The van der Waals surface area contributed by atoms with Crippen LogP contribution in [0.15, 0.2) is 104 Å². The number of methoxy groups -OCH3 is 1. The van der Waals surface area contributed by atoms with Gasteiger partial charge < -0.3 is 25.4 Å². The van der Waals surface area contributed by atoms with E-state index in [0.717, 1.165) is 16.7 Å². The standard InChI is InChI=1S/C31H31N5O6/c1-39-30(42-40-2)26(38)24(18-37)41-31(30,36-20-35-25-27(32)33-19-34-28(25)36)29(21-12-6-3-7-13-21,22-14-8-4-9-15-22)23-16-10-5-11-17-23/h3-17,19-20,24,26,37-38H,18H2,1-2H3,(H2,32,33,34)/t24-,26-,30-,31-/m1/s1. The van der Waals surface area contributed by atoms with Crippen molar-refractivity contribution < 1.29 is 29.5 Å². The molecule has 0 amide bonds. The van der Waals surface area contributed by atoms with E-state index >= 15 is 0 Å². The molecule has 2 aromatic heterocycles. The van der Waals surface area contributed by atoms with Gasteiger partial charge in [-0.1, -0.05) is 91.0 Å². The Morgan fingerprint density at radius 3 is 1.90 bits per heavy atom. The van der Waals surface area contributed by atoms with Crippen LogP contribution < -0.4 is 5.73 Å². The molecular formula is C31H31N5O6. The number of hydrogen-bond donors (Lipinski definition) is 3. The molecule has 1 aliphatic heterocycles. The number of anilines is 1. The number of aliphatic hydroxyl groups excluding tert-OH is 2. The monoisotopic (exact) mass is 569 g/mol. The highest BCUT2D eigenvalue weighted by molar-refractivity contribution is 5.81. The Balaban J connectivity index is 1.91. The lowest BCUT2D eigenvalue weighted by Gasteiger charge is -2.55. The average molecular weight is 570 g/mol. The number of imidazole rings is 1. The van der Waals surface area contributed by atoms with Gasteiger partial charge in [0.2, 0.25) is 5.72 Å². The quantitative estimate of drug-likeness (QED) is 0.105. The van der Waals surface area contributed by atoms with Crippen LogP contribution in [0.5, 0.6) is 0 Å². The van der Waals surface area contributed by atoms with Gasteiger partial charge in [-0.05, 0) is 16.7 Å². The molecule has 4 N–H and O–H groups in total. The first-order chi connectivity index (χ1) is 20.5. The van der Waals surface area contributed by atoms with Crippen molar-refractivity contribution in [1.29, 1.82) is 0 Å². The summed E-state index contributed by atoms with van der Waals surface area (Å²) in [5.41, 5.74) is 5.74. The zero-order chi connectivity index (χ0) is 29.4. The number of aromatic nitrogens is 4. The molecule has 0 bridgehead atoms. The molecule has 4 atom stereocenters. The Labute approximate surface area is 242 Å². The molecule has 0 radical (unpaired) electrons. The third-order valence-corrected chi connectivity index (χ3v) is 8.06. The number of ether oxygens (including phenoxy) is 2. The zero-order valence-electron chi connectivity index (χ0n) is 23.1. The number of nitrogens with zero attached hydrogens (tertiary/aromatic N) is 4. The second kappa shape index (κ2) is 10.9. The molecule has 11 heteroatoms. The van der Waals surface area contributed by atoms with E-state index in [1.165, 1.54) is 26.9 Å². The molecule has 6 rings (SSSR count). The summed E-state index contributed by atoms with van der Waals surface area (Å²) in [5, 5.41) is 22.6. The predicted octanol–water partition coefficient (Wildman–Crippen LogP) is 2.77. The minimum Gasteiger partial charge on any atom is -0.394 e. The summed E-state index contributed by atoms with van der Waals surface area (Å²) in [6.07, 6.45) is 0.0459. The minimum atomic E-state index is -2.13. The minimum absolute atomic E-state index is 0.145. The van der Waals surface area contributed by atoms with E-state index in [1.807, 2.05) is 91.0 Å². The van der Waals surface area contributed by atoms with E-state index in [2.05, 4.69) is 15.0 Å². The number of aliphatic hydroxyl groups is 2. The second-order valence-corrected chi connectivity index (χ2v) is 9.94. The van der Waals surface area contributed by atoms with Crippen LogP contribution >= 0.6 is 0 Å². The highest BCUT2D eigenvalue weighted by Crippen LogP contribution is 2.62. The maximum absolute atomic E-state index is 12.0. The Bertz CT molecular complexity index is 1560. The SMILES string of the molecule is COO[C@]1(OC)[C@H](O)[C@@H](CO)O[C@]1(n1cnc2c(N)ncnc21)C(c1ccccc1)(c1ccccc1)c1ccccc1. The Kier molecular flexibility index (Phi) is 7.23. The molecule has 0 spiro atoms. The van der Waals surface area contributed by atoms with Gasteiger partial charge in [-0.3, -0.25) is 4.57 Å². The Morgan fingerprint density at radius 1 is 0.881 bits per heavy atom. The smallest absolute Gasteiger partial charge is 0.280 e. The fourth-order valence-electron chi connectivity index (χ4n) is 6.46. The van der Waals surface area contributed by atoms with Crippen molar-refractivity contribution in [3.63, 3.8) is 0 Å². The number of fused-ring (bicyclic) bond motifs is 1. The van der Waals surface area contributed by atoms with Crippen molar-refractivity contribution in [3.05, 3.63) is 120 Å². The van der Waals surface area contributed by atoms with Gasteiger partial charge in [0.1, 0.15) is 24.1 Å². The summed E-state index contributed by atoms with van der Waals surface area (Å²) in [4.78, 5) is 24.6. The lowest BCUT2D eigenvalue weighted by molar-refractivity contribution is -0.469. The summed E-state index contributed by atoms with van der Waals surface area (Å²) >= 11 is 0. The van der Waals surface area contributed by atoms with Crippen molar-refractivity contribution in [3.8, 4) is 0 Å². The van der Waals surface area contributed by atoms with Crippen LogP contribution in [0.4, 0.5) is 5.82 Å². The average Bonchev–Trinajstić information content (AvgIpc) is 3.58. The molecule has 1 fully saturated rings. The maximum Gasteiger partial charge on any atom is 0.280 e. The molecular weight excluding hydrogens is 538 g/mol. The summed E-state index contributed by atoms with van der Waals surface area (Å²) in [5.74, 6) is -1.99. The normalized spacial score (nSPS) is 24.3. The first-order valence-electron chi connectivity index (χ1n) is 13.4. The Morgan fingerprint density at radius 2 is 1.43 bits per heavy atom.